The maximum Gasteiger partial charge on any atom is 0.132 e. The monoisotopic (exact) mass is 345 g/mol. The molecule has 2 aromatic carbocycles. The second kappa shape index (κ2) is 8.42. The Morgan fingerprint density at radius 3 is 2.54 bits per heavy atom. The van der Waals surface area contributed by atoms with Gasteiger partial charge in [-0.3, -0.25) is 0 Å². The van der Waals surface area contributed by atoms with Gasteiger partial charge in [0.15, 0.2) is 0 Å². The molecule has 1 saturated heterocycles. The summed E-state index contributed by atoms with van der Waals surface area (Å²) in [5.74, 6) is 1.76. The van der Waals surface area contributed by atoms with Crippen LogP contribution in [0.1, 0.15) is 10.8 Å². The first-order chi connectivity index (χ1) is 11.8. The number of thioether (sulfide) groups is 1. The Labute approximate surface area is 147 Å². The topological polar surface area (TPSA) is 39.7 Å². The van der Waals surface area contributed by atoms with Crippen LogP contribution in [-0.4, -0.2) is 40.0 Å². The van der Waals surface area contributed by atoms with Crippen LogP contribution in [0.15, 0.2) is 53.4 Å². The molecule has 0 aliphatic carbocycles. The highest BCUT2D eigenvalue weighted by Crippen LogP contribution is 2.43. The number of morpholine rings is 1. The molecule has 0 aromatic heterocycles. The van der Waals surface area contributed by atoms with E-state index in [9.17, 15) is 0 Å². The van der Waals surface area contributed by atoms with Gasteiger partial charge < -0.3 is 19.5 Å². The second-order valence-electron chi connectivity index (χ2n) is 5.58. The largest absolute Gasteiger partial charge is 0.497 e. The Balaban J connectivity index is 1.88. The smallest absolute Gasteiger partial charge is 0.132 e. The summed E-state index contributed by atoms with van der Waals surface area (Å²) in [5, 5.41) is 3.61. The Hall–Kier alpha value is -1.69. The molecule has 0 amide bonds. The fourth-order valence-corrected chi connectivity index (χ4v) is 4.10. The lowest BCUT2D eigenvalue weighted by atomic mass is 10.1. The lowest BCUT2D eigenvalue weighted by Crippen LogP contribution is -2.41. The Morgan fingerprint density at radius 2 is 1.88 bits per heavy atom. The van der Waals surface area contributed by atoms with Crippen LogP contribution >= 0.6 is 11.8 Å². The van der Waals surface area contributed by atoms with Crippen molar-refractivity contribution >= 4 is 11.8 Å². The van der Waals surface area contributed by atoms with Crippen molar-refractivity contribution in [2.45, 2.75) is 16.2 Å². The molecular formula is C19H23NO3S. The number of methoxy groups -OCH3 is 2. The minimum absolute atomic E-state index is 0.113. The molecule has 1 N–H and O–H groups in total. The van der Waals surface area contributed by atoms with Gasteiger partial charge in [0.1, 0.15) is 11.5 Å². The zero-order valence-electron chi connectivity index (χ0n) is 14.0. The van der Waals surface area contributed by atoms with Gasteiger partial charge in [-0.1, -0.05) is 24.3 Å². The van der Waals surface area contributed by atoms with Crippen LogP contribution in [0.4, 0.5) is 0 Å². The number of benzene rings is 2. The van der Waals surface area contributed by atoms with E-state index in [0.717, 1.165) is 36.1 Å². The fourth-order valence-electron chi connectivity index (χ4n) is 2.79. The van der Waals surface area contributed by atoms with E-state index in [2.05, 4.69) is 23.5 Å². The van der Waals surface area contributed by atoms with Crippen molar-refractivity contribution in [1.29, 1.82) is 0 Å². The van der Waals surface area contributed by atoms with Crippen LogP contribution in [0, 0.1) is 0 Å². The van der Waals surface area contributed by atoms with E-state index in [1.807, 2.05) is 30.3 Å². The van der Waals surface area contributed by atoms with Crippen molar-refractivity contribution in [3.05, 3.63) is 54.1 Å². The van der Waals surface area contributed by atoms with Crippen molar-refractivity contribution in [1.82, 2.24) is 5.32 Å². The molecule has 24 heavy (non-hydrogen) atoms. The van der Waals surface area contributed by atoms with Gasteiger partial charge in [-0.05, 0) is 29.8 Å². The van der Waals surface area contributed by atoms with Crippen molar-refractivity contribution in [2.24, 2.45) is 0 Å². The lowest BCUT2D eigenvalue weighted by Gasteiger charge is -2.31. The minimum Gasteiger partial charge on any atom is -0.497 e. The summed E-state index contributed by atoms with van der Waals surface area (Å²) in [4.78, 5) is 1.12. The van der Waals surface area contributed by atoms with Crippen molar-refractivity contribution in [2.75, 3.05) is 33.9 Å². The van der Waals surface area contributed by atoms with E-state index in [-0.39, 0.29) is 11.4 Å². The molecule has 1 fully saturated rings. The molecule has 0 radical (unpaired) electrons. The van der Waals surface area contributed by atoms with Gasteiger partial charge in [-0.15, -0.1) is 11.8 Å². The van der Waals surface area contributed by atoms with Crippen molar-refractivity contribution < 1.29 is 14.2 Å². The van der Waals surface area contributed by atoms with Crippen LogP contribution < -0.4 is 14.8 Å². The van der Waals surface area contributed by atoms with E-state index in [1.165, 1.54) is 5.56 Å². The number of hydrogen-bond donors (Lipinski definition) is 1. The molecule has 4 nitrogen and oxygen atoms in total. The highest BCUT2D eigenvalue weighted by atomic mass is 32.2. The Kier molecular flexibility index (Phi) is 6.01. The summed E-state index contributed by atoms with van der Waals surface area (Å²) in [7, 11) is 3.39. The Morgan fingerprint density at radius 1 is 1.08 bits per heavy atom. The summed E-state index contributed by atoms with van der Waals surface area (Å²) >= 11 is 1.78. The number of para-hydroxylation sites is 1. The normalized spacial score (nSPS) is 18.8. The molecule has 1 aliphatic rings. The first-order valence-electron chi connectivity index (χ1n) is 8.08. The molecule has 128 valence electrons. The molecule has 2 aromatic rings. The van der Waals surface area contributed by atoms with Gasteiger partial charge in [-0.25, -0.2) is 0 Å². The van der Waals surface area contributed by atoms with Gasteiger partial charge in [0, 0.05) is 13.1 Å². The zero-order valence-corrected chi connectivity index (χ0v) is 14.8. The van der Waals surface area contributed by atoms with E-state index >= 15 is 0 Å². The molecule has 0 saturated carbocycles. The third-order valence-electron chi connectivity index (χ3n) is 4.06. The van der Waals surface area contributed by atoms with Gasteiger partial charge >= 0.3 is 0 Å². The summed E-state index contributed by atoms with van der Waals surface area (Å²) < 4.78 is 16.8. The van der Waals surface area contributed by atoms with E-state index in [1.54, 1.807) is 26.0 Å². The zero-order chi connectivity index (χ0) is 16.8. The van der Waals surface area contributed by atoms with Crippen LogP contribution in [-0.2, 0) is 4.74 Å². The maximum atomic E-state index is 6.04. The van der Waals surface area contributed by atoms with Gasteiger partial charge in [-0.2, -0.15) is 0 Å². The quantitative estimate of drug-likeness (QED) is 0.811. The molecule has 0 spiro atoms. The van der Waals surface area contributed by atoms with Crippen LogP contribution in [0.5, 0.6) is 11.5 Å². The standard InChI is InChI=1S/C19H23NO3S/c1-21-15-9-7-14(8-10-15)19(17-13-20-11-12-23-17)24-18-6-4-3-5-16(18)22-2/h3-10,17,19-20H,11-13H2,1-2H3/t17-,19?/m1/s1. The molecule has 1 aliphatic heterocycles. The summed E-state index contributed by atoms with van der Waals surface area (Å²) in [6.45, 7) is 2.49. The minimum atomic E-state index is 0.113. The highest BCUT2D eigenvalue weighted by molar-refractivity contribution is 7.99. The highest BCUT2D eigenvalue weighted by Gasteiger charge is 2.28. The fraction of sp³-hybridized carbons (Fsp3) is 0.368. The lowest BCUT2D eigenvalue weighted by molar-refractivity contribution is 0.0273. The average molecular weight is 345 g/mol. The summed E-state index contributed by atoms with van der Waals surface area (Å²) in [5.41, 5.74) is 1.22. The first-order valence-corrected chi connectivity index (χ1v) is 8.95. The number of ether oxygens (including phenoxy) is 3. The van der Waals surface area contributed by atoms with Gasteiger partial charge in [0.05, 0.1) is 37.1 Å². The van der Waals surface area contributed by atoms with Gasteiger partial charge in [0.2, 0.25) is 0 Å². The van der Waals surface area contributed by atoms with E-state index < -0.39 is 0 Å². The SMILES string of the molecule is COc1ccc(C(Sc2ccccc2OC)[C@H]2CNCCO2)cc1. The van der Waals surface area contributed by atoms with Crippen LogP contribution in [0.3, 0.4) is 0 Å². The third kappa shape index (κ3) is 4.04. The second-order valence-corrected chi connectivity index (χ2v) is 6.76. The predicted octanol–water partition coefficient (Wildman–Crippen LogP) is 3.53. The van der Waals surface area contributed by atoms with E-state index in [4.69, 9.17) is 14.2 Å². The van der Waals surface area contributed by atoms with Crippen molar-refractivity contribution in [3.8, 4) is 11.5 Å². The number of rotatable bonds is 6. The van der Waals surface area contributed by atoms with E-state index in [0.29, 0.717) is 0 Å². The predicted molar refractivity (Wildman–Crippen MR) is 97.2 cm³/mol. The van der Waals surface area contributed by atoms with Gasteiger partial charge in [0.25, 0.3) is 0 Å². The summed E-state index contributed by atoms with van der Waals surface area (Å²) in [6, 6.07) is 16.3. The molecular weight excluding hydrogens is 322 g/mol. The van der Waals surface area contributed by atoms with Crippen LogP contribution in [0.2, 0.25) is 0 Å². The molecule has 2 atom stereocenters. The van der Waals surface area contributed by atoms with Crippen LogP contribution in [0.25, 0.3) is 0 Å². The molecule has 1 heterocycles. The maximum absolute atomic E-state index is 6.04. The summed E-state index contributed by atoms with van der Waals surface area (Å²) in [6.07, 6.45) is 0.113. The molecule has 5 heteroatoms. The average Bonchev–Trinajstić information content (AvgIpc) is 2.67. The van der Waals surface area contributed by atoms with Crippen molar-refractivity contribution in [3.63, 3.8) is 0 Å². The first kappa shape index (κ1) is 17.1. The molecule has 3 rings (SSSR count). The molecule has 0 bridgehead atoms. The number of hydrogen-bond acceptors (Lipinski definition) is 5. The third-order valence-corrected chi connectivity index (χ3v) is 5.48. The Bertz CT molecular complexity index is 641. The molecule has 1 unspecified atom stereocenters. The number of nitrogens with one attached hydrogen (secondary N) is 1.